The first-order valence-corrected chi connectivity index (χ1v) is 6.41. The third-order valence-electron chi connectivity index (χ3n) is 3.73. The van der Waals surface area contributed by atoms with E-state index in [1.807, 2.05) is 0 Å². The lowest BCUT2D eigenvalue weighted by molar-refractivity contribution is -0.120. The molecule has 0 bridgehead atoms. The molecule has 1 aromatic carbocycles. The van der Waals surface area contributed by atoms with Crippen LogP contribution in [0.2, 0.25) is 0 Å². The van der Waals surface area contributed by atoms with E-state index in [4.69, 9.17) is 5.73 Å². The van der Waals surface area contributed by atoms with Crippen molar-refractivity contribution in [2.75, 3.05) is 5.32 Å². The molecule has 0 aromatic heterocycles. The average molecular weight is 250 g/mol. The third kappa shape index (κ3) is 2.70. The van der Waals surface area contributed by atoms with Gasteiger partial charge in [-0.3, -0.25) is 4.79 Å². The van der Waals surface area contributed by atoms with Gasteiger partial charge in [-0.1, -0.05) is 19.4 Å². The van der Waals surface area contributed by atoms with Crippen molar-refractivity contribution in [3.8, 4) is 0 Å². The molecular weight excluding hydrogens is 231 g/mol. The SMILES string of the molecule is CC1CCCC1C(=O)Nc1ccc(CN)cc1F. The van der Waals surface area contributed by atoms with E-state index >= 15 is 0 Å². The Morgan fingerprint density at radius 3 is 2.83 bits per heavy atom. The van der Waals surface area contributed by atoms with Gasteiger partial charge in [0.15, 0.2) is 0 Å². The molecule has 98 valence electrons. The Hall–Kier alpha value is -1.42. The van der Waals surface area contributed by atoms with Crippen molar-refractivity contribution >= 4 is 11.6 Å². The van der Waals surface area contributed by atoms with Crippen LogP contribution in [0.3, 0.4) is 0 Å². The van der Waals surface area contributed by atoms with Gasteiger partial charge in [0.25, 0.3) is 0 Å². The maximum absolute atomic E-state index is 13.7. The number of hydrogen-bond acceptors (Lipinski definition) is 2. The van der Waals surface area contributed by atoms with Crippen LogP contribution < -0.4 is 11.1 Å². The summed E-state index contributed by atoms with van der Waals surface area (Å²) in [4.78, 5) is 12.0. The number of anilines is 1. The van der Waals surface area contributed by atoms with E-state index in [1.165, 1.54) is 6.07 Å². The predicted molar refractivity (Wildman–Crippen MR) is 69.4 cm³/mol. The first-order valence-electron chi connectivity index (χ1n) is 6.41. The van der Waals surface area contributed by atoms with Crippen LogP contribution in [0.5, 0.6) is 0 Å². The summed E-state index contributed by atoms with van der Waals surface area (Å²) in [7, 11) is 0. The molecule has 2 unspecified atom stereocenters. The molecule has 1 aromatic rings. The first kappa shape index (κ1) is 13.0. The number of carbonyl (C=O) groups is 1. The molecule has 0 heterocycles. The lowest BCUT2D eigenvalue weighted by Crippen LogP contribution is -2.25. The van der Waals surface area contributed by atoms with Gasteiger partial charge in [0.05, 0.1) is 5.69 Å². The molecule has 2 atom stereocenters. The average Bonchev–Trinajstić information content (AvgIpc) is 2.78. The van der Waals surface area contributed by atoms with Crippen molar-refractivity contribution in [2.24, 2.45) is 17.6 Å². The van der Waals surface area contributed by atoms with E-state index < -0.39 is 5.82 Å². The molecule has 1 saturated carbocycles. The number of nitrogens with one attached hydrogen (secondary N) is 1. The van der Waals surface area contributed by atoms with Gasteiger partial charge in [-0.25, -0.2) is 4.39 Å². The fourth-order valence-corrected chi connectivity index (χ4v) is 2.55. The molecule has 1 amide bonds. The number of amides is 1. The quantitative estimate of drug-likeness (QED) is 0.866. The Labute approximate surface area is 107 Å². The van der Waals surface area contributed by atoms with Crippen LogP contribution in [-0.4, -0.2) is 5.91 Å². The number of rotatable bonds is 3. The van der Waals surface area contributed by atoms with Crippen molar-refractivity contribution in [1.29, 1.82) is 0 Å². The Kier molecular flexibility index (Phi) is 3.97. The van der Waals surface area contributed by atoms with Crippen LogP contribution in [0.25, 0.3) is 0 Å². The number of hydrogen-bond donors (Lipinski definition) is 2. The summed E-state index contributed by atoms with van der Waals surface area (Å²) in [6.45, 7) is 2.37. The summed E-state index contributed by atoms with van der Waals surface area (Å²) in [6.07, 6.45) is 3.05. The molecule has 1 aliphatic carbocycles. The lowest BCUT2D eigenvalue weighted by Gasteiger charge is -2.15. The zero-order valence-electron chi connectivity index (χ0n) is 10.6. The highest BCUT2D eigenvalue weighted by Gasteiger charge is 2.29. The van der Waals surface area contributed by atoms with Crippen molar-refractivity contribution in [3.05, 3.63) is 29.6 Å². The zero-order valence-corrected chi connectivity index (χ0v) is 10.6. The molecule has 1 aliphatic rings. The molecule has 0 aliphatic heterocycles. The topological polar surface area (TPSA) is 55.1 Å². The summed E-state index contributed by atoms with van der Waals surface area (Å²) in [6, 6.07) is 4.68. The standard InChI is InChI=1S/C14H19FN2O/c1-9-3-2-4-11(9)14(18)17-13-6-5-10(8-16)7-12(13)15/h5-7,9,11H,2-4,8,16H2,1H3,(H,17,18). The van der Waals surface area contributed by atoms with Gasteiger partial charge in [0.2, 0.25) is 5.91 Å². The maximum Gasteiger partial charge on any atom is 0.227 e. The van der Waals surface area contributed by atoms with Crippen LogP contribution in [0.1, 0.15) is 31.7 Å². The van der Waals surface area contributed by atoms with Crippen LogP contribution >= 0.6 is 0 Å². The summed E-state index contributed by atoms with van der Waals surface area (Å²) < 4.78 is 13.7. The van der Waals surface area contributed by atoms with Gasteiger partial charge in [-0.05, 0) is 36.5 Å². The minimum atomic E-state index is -0.419. The summed E-state index contributed by atoms with van der Waals surface area (Å²) in [5.74, 6) is -0.0914. The van der Waals surface area contributed by atoms with Gasteiger partial charge >= 0.3 is 0 Å². The molecule has 3 nitrogen and oxygen atoms in total. The largest absolute Gasteiger partial charge is 0.326 e. The molecule has 4 heteroatoms. The molecule has 0 saturated heterocycles. The highest BCUT2D eigenvalue weighted by molar-refractivity contribution is 5.93. The van der Waals surface area contributed by atoms with Crippen molar-refractivity contribution in [3.63, 3.8) is 0 Å². The predicted octanol–water partition coefficient (Wildman–Crippen LogP) is 2.66. The monoisotopic (exact) mass is 250 g/mol. The zero-order chi connectivity index (χ0) is 13.1. The molecule has 1 fully saturated rings. The van der Waals surface area contributed by atoms with E-state index in [9.17, 15) is 9.18 Å². The highest BCUT2D eigenvalue weighted by atomic mass is 19.1. The Balaban J connectivity index is 2.07. The Bertz CT molecular complexity index is 447. The molecule has 18 heavy (non-hydrogen) atoms. The maximum atomic E-state index is 13.7. The lowest BCUT2D eigenvalue weighted by atomic mass is 9.97. The van der Waals surface area contributed by atoms with E-state index in [1.54, 1.807) is 12.1 Å². The second kappa shape index (κ2) is 5.48. The second-order valence-electron chi connectivity index (χ2n) is 5.02. The van der Waals surface area contributed by atoms with Crippen molar-refractivity contribution in [1.82, 2.24) is 0 Å². The number of nitrogens with two attached hydrogens (primary N) is 1. The summed E-state index contributed by atoms with van der Waals surface area (Å²) >= 11 is 0. The minimum absolute atomic E-state index is 0.0126. The van der Waals surface area contributed by atoms with E-state index in [-0.39, 0.29) is 17.5 Å². The van der Waals surface area contributed by atoms with Crippen molar-refractivity contribution < 1.29 is 9.18 Å². The first-order chi connectivity index (χ1) is 8.61. The number of halogens is 1. The van der Waals surface area contributed by atoms with E-state index in [0.29, 0.717) is 12.5 Å². The smallest absolute Gasteiger partial charge is 0.227 e. The van der Waals surface area contributed by atoms with E-state index in [0.717, 1.165) is 24.8 Å². The summed E-state index contributed by atoms with van der Waals surface area (Å²) in [5, 5.41) is 2.68. The second-order valence-corrected chi connectivity index (χ2v) is 5.02. The fourth-order valence-electron chi connectivity index (χ4n) is 2.55. The molecule has 0 spiro atoms. The van der Waals surface area contributed by atoms with Crippen LogP contribution in [0, 0.1) is 17.7 Å². The minimum Gasteiger partial charge on any atom is -0.326 e. The summed E-state index contributed by atoms with van der Waals surface area (Å²) in [5.41, 5.74) is 6.40. The number of carbonyl (C=O) groups excluding carboxylic acids is 1. The number of benzene rings is 1. The third-order valence-corrected chi connectivity index (χ3v) is 3.73. The van der Waals surface area contributed by atoms with E-state index in [2.05, 4.69) is 12.2 Å². The van der Waals surface area contributed by atoms with Gasteiger partial charge in [0.1, 0.15) is 5.82 Å². The Morgan fingerprint density at radius 2 is 2.28 bits per heavy atom. The molecular formula is C14H19FN2O. The van der Waals surface area contributed by atoms with Gasteiger partial charge in [-0.2, -0.15) is 0 Å². The fraction of sp³-hybridized carbons (Fsp3) is 0.500. The van der Waals surface area contributed by atoms with Crippen LogP contribution in [-0.2, 0) is 11.3 Å². The molecule has 3 N–H and O–H groups in total. The molecule has 0 radical (unpaired) electrons. The van der Waals surface area contributed by atoms with Crippen LogP contribution in [0.15, 0.2) is 18.2 Å². The van der Waals surface area contributed by atoms with Gasteiger partial charge in [-0.15, -0.1) is 0 Å². The van der Waals surface area contributed by atoms with Crippen molar-refractivity contribution in [2.45, 2.75) is 32.7 Å². The van der Waals surface area contributed by atoms with Gasteiger partial charge in [0, 0.05) is 12.5 Å². The highest BCUT2D eigenvalue weighted by Crippen LogP contribution is 2.32. The van der Waals surface area contributed by atoms with Crippen LogP contribution in [0.4, 0.5) is 10.1 Å². The molecule has 2 rings (SSSR count). The van der Waals surface area contributed by atoms with Gasteiger partial charge < -0.3 is 11.1 Å². The normalized spacial score (nSPS) is 23.1. The Morgan fingerprint density at radius 1 is 1.50 bits per heavy atom.